The summed E-state index contributed by atoms with van der Waals surface area (Å²) in [5.74, 6) is 0.180. The number of hydrogen-bond donors (Lipinski definition) is 2. The summed E-state index contributed by atoms with van der Waals surface area (Å²) in [6, 6.07) is 20.8. The molecule has 4 rings (SSSR count). The Morgan fingerprint density at radius 3 is 1.90 bits per heavy atom. The molecule has 5 heteroatoms. The Morgan fingerprint density at radius 1 is 0.897 bits per heavy atom. The number of nitrogens with zero attached hydrogens (tertiary/aromatic N) is 3. The number of pyridine rings is 1. The second-order valence-corrected chi connectivity index (χ2v) is 7.58. The molecule has 0 bridgehead atoms. The van der Waals surface area contributed by atoms with Crippen LogP contribution in [0.4, 0.5) is 0 Å². The van der Waals surface area contributed by atoms with E-state index < -0.39 is 0 Å². The molecule has 2 heterocycles. The molecule has 0 unspecified atom stereocenters. The normalized spacial score (nSPS) is 15.8. The smallest absolute Gasteiger partial charge is 0.143 e. The van der Waals surface area contributed by atoms with E-state index >= 15 is 0 Å². The van der Waals surface area contributed by atoms with Crippen LogP contribution in [0.2, 0.25) is 0 Å². The number of aromatic nitrogens is 1. The number of hydrogen-bond acceptors (Lipinski definition) is 5. The molecule has 0 spiro atoms. The first-order valence-electron chi connectivity index (χ1n) is 10.0. The van der Waals surface area contributed by atoms with E-state index in [-0.39, 0.29) is 18.5 Å². The van der Waals surface area contributed by atoms with Crippen molar-refractivity contribution < 1.29 is 10.2 Å². The van der Waals surface area contributed by atoms with Crippen LogP contribution < -0.4 is 0 Å². The third-order valence-corrected chi connectivity index (χ3v) is 5.61. The van der Waals surface area contributed by atoms with Gasteiger partial charge in [-0.1, -0.05) is 60.7 Å². The maximum absolute atomic E-state index is 10.9. The zero-order valence-electron chi connectivity index (χ0n) is 16.7. The van der Waals surface area contributed by atoms with E-state index in [1.165, 1.54) is 11.1 Å². The average Bonchev–Trinajstić information content (AvgIpc) is 3.13. The molecule has 1 aromatic heterocycles. The second-order valence-electron chi connectivity index (χ2n) is 7.58. The molecule has 1 fully saturated rings. The molecule has 0 atom stereocenters. The maximum Gasteiger partial charge on any atom is 0.143 e. The van der Waals surface area contributed by atoms with Crippen LogP contribution in [0.3, 0.4) is 0 Å². The van der Waals surface area contributed by atoms with Crippen LogP contribution >= 0.6 is 0 Å². The van der Waals surface area contributed by atoms with E-state index in [1.54, 1.807) is 13.1 Å². The third kappa shape index (κ3) is 4.17. The largest absolute Gasteiger partial charge is 0.506 e. The standard InChI is InChI=1S/C24H27N3O2/c1-18-23(29)22(21(17-28)14-25-18)24-26(15-19-8-4-2-5-9-19)12-13-27(24)16-20-10-6-3-7-11-20/h2-11,14,24,28-29H,12-13,15-17H2,1H3. The van der Waals surface area contributed by atoms with Crippen molar-refractivity contribution in [2.75, 3.05) is 13.1 Å². The predicted octanol–water partition coefficient (Wildman–Crippen LogP) is 3.60. The van der Waals surface area contributed by atoms with Crippen molar-refractivity contribution in [3.63, 3.8) is 0 Å². The molecule has 150 valence electrons. The van der Waals surface area contributed by atoms with Gasteiger partial charge < -0.3 is 10.2 Å². The van der Waals surface area contributed by atoms with E-state index in [9.17, 15) is 10.2 Å². The molecule has 29 heavy (non-hydrogen) atoms. The average molecular weight is 389 g/mol. The fourth-order valence-electron chi connectivity index (χ4n) is 4.13. The third-order valence-electron chi connectivity index (χ3n) is 5.61. The van der Waals surface area contributed by atoms with Crippen LogP contribution in [-0.4, -0.2) is 38.1 Å². The zero-order chi connectivity index (χ0) is 20.2. The zero-order valence-corrected chi connectivity index (χ0v) is 16.7. The number of aliphatic hydroxyl groups excluding tert-OH is 1. The number of aliphatic hydroxyl groups is 1. The molecular weight excluding hydrogens is 362 g/mol. The Labute approximate surface area is 171 Å². The van der Waals surface area contributed by atoms with Crippen LogP contribution in [0, 0.1) is 6.92 Å². The molecule has 0 radical (unpaired) electrons. The van der Waals surface area contributed by atoms with Crippen LogP contribution in [0.25, 0.3) is 0 Å². The summed E-state index contributed by atoms with van der Waals surface area (Å²) < 4.78 is 0. The van der Waals surface area contributed by atoms with Gasteiger partial charge in [0, 0.05) is 43.5 Å². The van der Waals surface area contributed by atoms with Crippen molar-refractivity contribution in [3.05, 3.63) is 94.8 Å². The van der Waals surface area contributed by atoms with E-state index in [4.69, 9.17) is 0 Å². The summed E-state index contributed by atoms with van der Waals surface area (Å²) in [6.45, 7) is 4.99. The lowest BCUT2D eigenvalue weighted by Crippen LogP contribution is -2.31. The SMILES string of the molecule is Cc1ncc(CO)c(C2N(Cc3ccccc3)CCN2Cc2ccccc2)c1O. The molecule has 2 aromatic carbocycles. The molecule has 2 N–H and O–H groups in total. The van der Waals surface area contributed by atoms with Crippen molar-refractivity contribution in [1.82, 2.24) is 14.8 Å². The van der Waals surface area contributed by atoms with Gasteiger partial charge in [-0.05, 0) is 18.1 Å². The molecule has 5 nitrogen and oxygen atoms in total. The number of benzene rings is 2. The fourth-order valence-corrected chi connectivity index (χ4v) is 4.13. The number of rotatable bonds is 6. The first kappa shape index (κ1) is 19.6. The summed E-state index contributed by atoms with van der Waals surface area (Å²) in [7, 11) is 0. The summed E-state index contributed by atoms with van der Waals surface area (Å²) in [5, 5.41) is 20.9. The highest BCUT2D eigenvalue weighted by atomic mass is 16.3. The highest BCUT2D eigenvalue weighted by Gasteiger charge is 2.36. The van der Waals surface area contributed by atoms with Gasteiger partial charge in [-0.25, -0.2) is 0 Å². The molecule has 1 aliphatic heterocycles. The van der Waals surface area contributed by atoms with Crippen LogP contribution in [0.15, 0.2) is 66.9 Å². The minimum Gasteiger partial charge on any atom is -0.506 e. The lowest BCUT2D eigenvalue weighted by Gasteiger charge is -2.32. The van der Waals surface area contributed by atoms with Crippen molar-refractivity contribution in [2.45, 2.75) is 32.8 Å². The lowest BCUT2D eigenvalue weighted by atomic mass is 10.0. The van der Waals surface area contributed by atoms with E-state index in [0.717, 1.165) is 31.7 Å². The van der Waals surface area contributed by atoms with Gasteiger partial charge in [0.25, 0.3) is 0 Å². The van der Waals surface area contributed by atoms with E-state index in [0.29, 0.717) is 11.3 Å². The Bertz CT molecular complexity index is 898. The van der Waals surface area contributed by atoms with Gasteiger partial charge >= 0.3 is 0 Å². The van der Waals surface area contributed by atoms with Crippen LogP contribution in [-0.2, 0) is 19.7 Å². The predicted molar refractivity (Wildman–Crippen MR) is 113 cm³/mol. The van der Waals surface area contributed by atoms with Gasteiger partial charge in [0.15, 0.2) is 0 Å². The van der Waals surface area contributed by atoms with Gasteiger partial charge in [0.2, 0.25) is 0 Å². The minimum absolute atomic E-state index is 0.126. The van der Waals surface area contributed by atoms with Gasteiger partial charge in [-0.15, -0.1) is 0 Å². The summed E-state index contributed by atoms with van der Waals surface area (Å²) in [6.07, 6.45) is 1.56. The van der Waals surface area contributed by atoms with Gasteiger partial charge in [0.05, 0.1) is 18.5 Å². The fraction of sp³-hybridized carbons (Fsp3) is 0.292. The first-order chi connectivity index (χ1) is 14.2. The molecule has 1 aliphatic rings. The minimum atomic E-state index is -0.148. The Balaban J connectivity index is 1.73. The molecule has 0 amide bonds. The quantitative estimate of drug-likeness (QED) is 0.675. The highest BCUT2D eigenvalue weighted by Crippen LogP contribution is 2.39. The maximum atomic E-state index is 10.9. The first-order valence-corrected chi connectivity index (χ1v) is 10.0. The van der Waals surface area contributed by atoms with Crippen molar-refractivity contribution in [2.24, 2.45) is 0 Å². The second kappa shape index (κ2) is 8.74. The summed E-state index contributed by atoms with van der Waals surface area (Å²) in [5.41, 5.74) is 4.49. The molecule has 0 aliphatic carbocycles. The highest BCUT2D eigenvalue weighted by molar-refractivity contribution is 5.43. The number of aryl methyl sites for hydroxylation is 1. The van der Waals surface area contributed by atoms with E-state index in [2.05, 4.69) is 63.3 Å². The van der Waals surface area contributed by atoms with Crippen molar-refractivity contribution >= 4 is 0 Å². The Morgan fingerprint density at radius 2 is 1.41 bits per heavy atom. The molecular formula is C24H27N3O2. The van der Waals surface area contributed by atoms with Gasteiger partial charge in [0.1, 0.15) is 5.75 Å². The summed E-state index contributed by atoms with van der Waals surface area (Å²) in [4.78, 5) is 8.99. The molecule has 1 saturated heterocycles. The Hall–Kier alpha value is -2.73. The van der Waals surface area contributed by atoms with Crippen molar-refractivity contribution in [1.29, 1.82) is 0 Å². The van der Waals surface area contributed by atoms with Crippen LogP contribution in [0.1, 0.15) is 34.1 Å². The monoisotopic (exact) mass is 389 g/mol. The molecule has 0 saturated carbocycles. The van der Waals surface area contributed by atoms with Crippen molar-refractivity contribution in [3.8, 4) is 5.75 Å². The van der Waals surface area contributed by atoms with Crippen LogP contribution in [0.5, 0.6) is 5.75 Å². The van der Waals surface area contributed by atoms with Gasteiger partial charge in [-0.3, -0.25) is 14.8 Å². The topological polar surface area (TPSA) is 59.8 Å². The number of aromatic hydroxyl groups is 1. The van der Waals surface area contributed by atoms with Gasteiger partial charge in [-0.2, -0.15) is 0 Å². The Kier molecular flexibility index (Phi) is 5.90. The van der Waals surface area contributed by atoms with E-state index in [1.807, 2.05) is 12.1 Å². The lowest BCUT2D eigenvalue weighted by molar-refractivity contribution is 0.120. The summed E-state index contributed by atoms with van der Waals surface area (Å²) >= 11 is 0. The molecule has 3 aromatic rings.